The molecular weight excluding hydrogens is 629 g/mol. The monoisotopic (exact) mass is 650 g/mol. The molecule has 0 spiro atoms. The van der Waals surface area contributed by atoms with Crippen molar-refractivity contribution in [1.82, 2.24) is 19.7 Å². The Labute approximate surface area is 298 Å². The molecule has 2 N–H and O–H groups in total. The first kappa shape index (κ1) is 38.3. The predicted octanol–water partition coefficient (Wildman–Crippen LogP) is -2.60. The summed E-state index contributed by atoms with van der Waals surface area (Å²) in [5.41, 5.74) is -0.142. The Balaban J connectivity index is 0.00000294. The third-order valence-corrected chi connectivity index (χ3v) is 7.74. The van der Waals surface area contributed by atoms with Crippen molar-refractivity contribution in [3.63, 3.8) is 0 Å². The summed E-state index contributed by atoms with van der Waals surface area (Å²) in [5.74, 6) is -1.53. The van der Waals surface area contributed by atoms with E-state index < -0.39 is 29.1 Å². The van der Waals surface area contributed by atoms with Crippen LogP contribution in [0.3, 0.4) is 0 Å². The predicted molar refractivity (Wildman–Crippen MR) is 146 cm³/mol. The van der Waals surface area contributed by atoms with Crippen LogP contribution in [0.15, 0.2) is 53.5 Å². The molecule has 0 fully saturated rings. The standard InChI is InChI=1S/C26H22Cl2N4O6S.2Na.H2O/c1-26(2,20-17(27)10-15(11-18(20)28)32-25(37)30-19(35)12-29-32)24-31-21(14-6-4-3-5-7-14)22(39-24)23(36)38-16(13-34)8-9-33;;;/h3-7,10-13,16,33H,8-9H2,1-2H3,(H,30,35,37);;;1H2/q;2*+1;/p-2. The molecule has 0 bridgehead atoms. The van der Waals surface area contributed by atoms with Gasteiger partial charge in [-0.3, -0.25) is 4.79 Å². The van der Waals surface area contributed by atoms with Crippen molar-refractivity contribution in [1.29, 1.82) is 0 Å². The van der Waals surface area contributed by atoms with Gasteiger partial charge in [-0.05, 0) is 26.0 Å². The van der Waals surface area contributed by atoms with Gasteiger partial charge in [0.2, 0.25) is 0 Å². The average Bonchev–Trinajstić information content (AvgIpc) is 3.35. The van der Waals surface area contributed by atoms with E-state index in [-0.39, 0.29) is 98.2 Å². The van der Waals surface area contributed by atoms with Crippen LogP contribution >= 0.6 is 34.5 Å². The van der Waals surface area contributed by atoms with Crippen LogP contribution in [0.4, 0.5) is 0 Å². The maximum atomic E-state index is 13.1. The van der Waals surface area contributed by atoms with Crippen molar-refractivity contribution in [3.05, 3.63) is 84.6 Å². The van der Waals surface area contributed by atoms with E-state index in [1.54, 1.807) is 24.3 Å². The number of thiazole rings is 1. The second-order valence-electron chi connectivity index (χ2n) is 8.85. The van der Waals surface area contributed by atoms with E-state index in [0.29, 0.717) is 28.1 Å². The van der Waals surface area contributed by atoms with Gasteiger partial charge < -0.3 is 20.4 Å². The van der Waals surface area contributed by atoms with Crippen LogP contribution in [-0.2, 0) is 14.9 Å². The van der Waals surface area contributed by atoms with Crippen LogP contribution in [0.25, 0.3) is 16.9 Å². The molecule has 1 unspecified atom stereocenters. The fourth-order valence-electron chi connectivity index (χ4n) is 3.88. The molecule has 2 heterocycles. The molecule has 0 saturated heterocycles. The van der Waals surface area contributed by atoms with Crippen LogP contribution < -0.4 is 69.9 Å². The van der Waals surface area contributed by atoms with Gasteiger partial charge >= 0.3 is 70.8 Å². The first-order valence-electron chi connectivity index (χ1n) is 11.5. The first-order chi connectivity index (χ1) is 18.6. The molecule has 1 atom stereocenters. The summed E-state index contributed by atoms with van der Waals surface area (Å²) in [7, 11) is 0. The second kappa shape index (κ2) is 16.4. The Bertz CT molecular complexity index is 1580. The molecule has 0 aliphatic rings. The molecule has 11 nitrogen and oxygen atoms in total. The van der Waals surface area contributed by atoms with E-state index >= 15 is 0 Å². The van der Waals surface area contributed by atoms with Gasteiger partial charge in [0.1, 0.15) is 9.88 Å². The molecular formula is C26H22Cl2N4Na2O7S. The Hall–Kier alpha value is -1.68. The summed E-state index contributed by atoms with van der Waals surface area (Å²) in [4.78, 5) is 44.9. The van der Waals surface area contributed by atoms with Crippen molar-refractivity contribution >= 4 is 46.8 Å². The van der Waals surface area contributed by atoms with Gasteiger partial charge in [-0.1, -0.05) is 53.5 Å². The number of aldehydes is 1. The van der Waals surface area contributed by atoms with Gasteiger partial charge in [-0.15, -0.1) is 11.3 Å². The van der Waals surface area contributed by atoms with E-state index in [1.165, 1.54) is 12.1 Å². The number of rotatable bonds is 9. The molecule has 4 aromatic rings. The molecule has 0 radical (unpaired) electrons. The van der Waals surface area contributed by atoms with E-state index in [4.69, 9.17) is 38.0 Å². The molecule has 210 valence electrons. The van der Waals surface area contributed by atoms with Crippen molar-refractivity contribution in [3.8, 4) is 22.8 Å². The van der Waals surface area contributed by atoms with Crippen LogP contribution in [0.5, 0.6) is 5.88 Å². The Morgan fingerprint density at radius 2 is 1.79 bits per heavy atom. The summed E-state index contributed by atoms with van der Waals surface area (Å²) in [6.45, 7) is 3.32. The van der Waals surface area contributed by atoms with Crippen molar-refractivity contribution in [2.24, 2.45) is 0 Å². The number of halogens is 2. The van der Waals surface area contributed by atoms with E-state index in [1.807, 2.05) is 19.9 Å². The van der Waals surface area contributed by atoms with E-state index in [0.717, 1.165) is 22.2 Å². The van der Waals surface area contributed by atoms with Gasteiger partial charge in [0, 0.05) is 45.5 Å². The van der Waals surface area contributed by atoms with Crippen LogP contribution in [-0.4, -0.2) is 55.3 Å². The fraction of sp³-hybridized carbons (Fsp3) is 0.231. The normalized spacial score (nSPS) is 11.4. The molecule has 2 aromatic carbocycles. The zero-order chi connectivity index (χ0) is 28.3. The number of esters is 1. The van der Waals surface area contributed by atoms with Crippen LogP contribution in [0, 0.1) is 0 Å². The third kappa shape index (κ3) is 8.27. The minimum atomic E-state index is -1.11. The molecule has 2 aromatic heterocycles. The van der Waals surface area contributed by atoms with Crippen molar-refractivity contribution < 1.29 is 89.1 Å². The smallest absolute Gasteiger partial charge is 0.870 e. The number of aromatic nitrogens is 4. The van der Waals surface area contributed by atoms with E-state index in [2.05, 4.69) is 10.1 Å². The average molecular weight is 651 g/mol. The van der Waals surface area contributed by atoms with Gasteiger partial charge in [0.05, 0.1) is 17.6 Å². The number of hydrogen-bond acceptors (Lipinski definition) is 11. The number of aliphatic hydroxyl groups is 1. The quantitative estimate of drug-likeness (QED) is 0.115. The van der Waals surface area contributed by atoms with E-state index in [9.17, 15) is 19.5 Å². The van der Waals surface area contributed by atoms with Crippen molar-refractivity contribution in [2.45, 2.75) is 31.8 Å². The number of benzene rings is 2. The summed E-state index contributed by atoms with van der Waals surface area (Å²) in [5, 5.41) is 25.2. The molecule has 42 heavy (non-hydrogen) atoms. The van der Waals surface area contributed by atoms with Crippen LogP contribution in [0.2, 0.25) is 10.0 Å². The van der Waals surface area contributed by atoms with Crippen LogP contribution in [0.1, 0.15) is 40.5 Å². The van der Waals surface area contributed by atoms with Gasteiger partial charge in [0.15, 0.2) is 12.4 Å². The molecule has 0 aliphatic carbocycles. The SMILES string of the molecule is CC(C)(c1nc(-c2ccccc2)c(C(=O)OC(C=O)CCO)s1)c1c(Cl)cc(-n2ncc([O-])nc2=O)cc1Cl.[Na+].[Na+].[OH-]. The topological polar surface area (TPSA) is 177 Å². The maximum absolute atomic E-state index is 13.1. The zero-order valence-electron chi connectivity index (χ0n) is 23.1. The molecule has 4 rings (SSSR count). The van der Waals surface area contributed by atoms with Gasteiger partial charge in [-0.25, -0.2) is 19.6 Å². The number of carbonyl (C=O) groups excluding carboxylic acids is 2. The number of nitrogens with zero attached hydrogens (tertiary/aromatic N) is 4. The van der Waals surface area contributed by atoms with Crippen molar-refractivity contribution in [2.75, 3.05) is 6.61 Å². The largest absolute Gasteiger partial charge is 1.00 e. The summed E-state index contributed by atoms with van der Waals surface area (Å²) < 4.78 is 6.24. The first-order valence-corrected chi connectivity index (χ1v) is 13.1. The number of aliphatic hydroxyl groups excluding tert-OH is 1. The number of hydrogen-bond donors (Lipinski definition) is 1. The zero-order valence-corrected chi connectivity index (χ0v) is 29.4. The molecule has 16 heteroatoms. The molecule has 0 saturated carbocycles. The fourth-order valence-corrected chi connectivity index (χ4v) is 5.91. The van der Waals surface area contributed by atoms with Gasteiger partial charge in [-0.2, -0.15) is 9.78 Å². The Kier molecular flexibility index (Phi) is 15.0. The summed E-state index contributed by atoms with van der Waals surface area (Å²) >= 11 is 14.4. The molecule has 0 aliphatic heterocycles. The minimum absolute atomic E-state index is 0. The Morgan fingerprint density at radius 1 is 1.17 bits per heavy atom. The number of carbonyl (C=O) groups is 2. The Morgan fingerprint density at radius 3 is 2.33 bits per heavy atom. The molecule has 0 amide bonds. The number of ether oxygens (including phenoxy) is 1. The van der Waals surface area contributed by atoms with Gasteiger partial charge in [0.25, 0.3) is 0 Å². The second-order valence-corrected chi connectivity index (χ2v) is 10.7. The summed E-state index contributed by atoms with van der Waals surface area (Å²) in [6.07, 6.45) is 0.223. The minimum Gasteiger partial charge on any atom is -0.870 e. The summed E-state index contributed by atoms with van der Waals surface area (Å²) in [6, 6.07) is 11.9. The third-order valence-electron chi connectivity index (χ3n) is 5.79. The maximum Gasteiger partial charge on any atom is 1.00 e.